The molecule has 102 valence electrons. The van der Waals surface area contributed by atoms with E-state index in [1.165, 1.54) is 6.33 Å². The lowest BCUT2D eigenvalue weighted by Crippen LogP contribution is -2.05. The zero-order valence-electron chi connectivity index (χ0n) is 11.0. The third-order valence-electron chi connectivity index (χ3n) is 3.12. The van der Waals surface area contributed by atoms with E-state index in [-0.39, 0.29) is 0 Å². The van der Waals surface area contributed by atoms with Crippen LogP contribution in [0.3, 0.4) is 0 Å². The summed E-state index contributed by atoms with van der Waals surface area (Å²) in [5, 5.41) is 0. The summed E-state index contributed by atoms with van der Waals surface area (Å²) in [4.78, 5) is 12.7. The molecule has 0 saturated carbocycles. The number of fused-ring (bicyclic) bond motifs is 1. The molecule has 3 aromatic rings. The molecular weight excluding hydrogens is 276 g/mol. The average molecular weight is 289 g/mol. The lowest BCUT2D eigenvalue weighted by molar-refractivity contribution is 0.415. The van der Waals surface area contributed by atoms with Crippen LogP contribution in [-0.4, -0.2) is 26.6 Å². The highest BCUT2D eigenvalue weighted by atomic mass is 35.5. The average Bonchev–Trinajstić information content (AvgIpc) is 2.85. The first kappa shape index (κ1) is 12.9. The molecule has 20 heavy (non-hydrogen) atoms. The third-order valence-corrected chi connectivity index (χ3v) is 3.36. The molecule has 0 aliphatic carbocycles. The van der Waals surface area contributed by atoms with E-state index in [0.29, 0.717) is 12.4 Å². The highest BCUT2D eigenvalue weighted by Gasteiger charge is 2.11. The second-order valence-corrected chi connectivity index (χ2v) is 4.57. The van der Waals surface area contributed by atoms with Gasteiger partial charge in [0.1, 0.15) is 17.9 Å². The number of hydrogen-bond acceptors (Lipinski definition) is 4. The number of ether oxygens (including phenoxy) is 1. The van der Waals surface area contributed by atoms with E-state index in [2.05, 4.69) is 19.5 Å². The minimum Gasteiger partial charge on any atom is -0.497 e. The Morgan fingerprint density at radius 2 is 2.20 bits per heavy atom. The maximum atomic E-state index is 6.00. The summed E-state index contributed by atoms with van der Waals surface area (Å²) >= 11 is 6.00. The van der Waals surface area contributed by atoms with E-state index in [1.54, 1.807) is 13.3 Å². The maximum absolute atomic E-state index is 6.00. The van der Waals surface area contributed by atoms with Crippen molar-refractivity contribution in [1.29, 1.82) is 0 Å². The Labute approximate surface area is 121 Å². The first-order chi connectivity index (χ1) is 9.81. The molecule has 0 amide bonds. The summed E-state index contributed by atoms with van der Waals surface area (Å²) in [5.74, 6) is 1.95. The molecular formula is C14H13ClN4O. The number of alkyl halides is 1. The number of benzene rings is 1. The van der Waals surface area contributed by atoms with Gasteiger partial charge in [0.15, 0.2) is 0 Å². The van der Waals surface area contributed by atoms with Crippen LogP contribution in [0.5, 0.6) is 5.75 Å². The van der Waals surface area contributed by atoms with E-state index >= 15 is 0 Å². The Hall–Kier alpha value is -2.14. The predicted octanol–water partition coefficient (Wildman–Crippen LogP) is 2.62. The number of halogens is 1. The van der Waals surface area contributed by atoms with Gasteiger partial charge in [0.25, 0.3) is 0 Å². The number of rotatable bonds is 4. The van der Waals surface area contributed by atoms with Crippen molar-refractivity contribution in [2.75, 3.05) is 7.11 Å². The summed E-state index contributed by atoms with van der Waals surface area (Å²) in [6.45, 7) is 0.618. The quantitative estimate of drug-likeness (QED) is 0.693. The van der Waals surface area contributed by atoms with Gasteiger partial charge in [0, 0.05) is 12.3 Å². The van der Waals surface area contributed by atoms with Crippen molar-refractivity contribution in [3.05, 3.63) is 48.3 Å². The van der Waals surface area contributed by atoms with Crippen LogP contribution in [0.15, 0.2) is 36.8 Å². The highest BCUT2D eigenvalue weighted by Crippen LogP contribution is 2.23. The van der Waals surface area contributed by atoms with Crippen molar-refractivity contribution in [3.63, 3.8) is 0 Å². The zero-order valence-corrected chi connectivity index (χ0v) is 11.7. The van der Waals surface area contributed by atoms with Gasteiger partial charge >= 0.3 is 0 Å². The molecule has 3 rings (SSSR count). The van der Waals surface area contributed by atoms with Gasteiger partial charge in [-0.1, -0.05) is 0 Å². The normalized spacial score (nSPS) is 10.9. The Bertz CT molecular complexity index is 727. The molecule has 0 fully saturated rings. The van der Waals surface area contributed by atoms with Gasteiger partial charge in [-0.05, 0) is 18.2 Å². The fraction of sp³-hybridized carbons (Fsp3) is 0.214. The molecule has 6 heteroatoms. The van der Waals surface area contributed by atoms with Crippen LogP contribution in [0.1, 0.15) is 11.5 Å². The van der Waals surface area contributed by atoms with Gasteiger partial charge < -0.3 is 9.30 Å². The molecule has 0 spiro atoms. The number of aromatic nitrogens is 4. The Morgan fingerprint density at radius 1 is 1.30 bits per heavy atom. The third kappa shape index (κ3) is 2.32. The standard InChI is InChI=1S/C14H13ClN4O/c1-20-11-2-3-13-12(6-11)18-14(7-15)19(13)8-10-4-5-16-9-17-10/h2-6,9H,7-8H2,1H3. The van der Waals surface area contributed by atoms with Crippen LogP contribution < -0.4 is 4.74 Å². The first-order valence-corrected chi connectivity index (χ1v) is 6.69. The number of nitrogens with zero attached hydrogens (tertiary/aromatic N) is 4. The summed E-state index contributed by atoms with van der Waals surface area (Å²) in [7, 11) is 1.64. The number of methoxy groups -OCH3 is 1. The smallest absolute Gasteiger partial charge is 0.125 e. The summed E-state index contributed by atoms with van der Waals surface area (Å²) in [6, 6.07) is 7.69. The lowest BCUT2D eigenvalue weighted by Gasteiger charge is -2.07. The molecule has 0 N–H and O–H groups in total. The van der Waals surface area contributed by atoms with Crippen molar-refractivity contribution in [1.82, 2.24) is 19.5 Å². The van der Waals surface area contributed by atoms with Gasteiger partial charge in [-0.15, -0.1) is 11.6 Å². The van der Waals surface area contributed by atoms with Gasteiger partial charge in [0.05, 0.1) is 36.3 Å². The van der Waals surface area contributed by atoms with Gasteiger partial charge in [-0.3, -0.25) is 0 Å². The molecule has 0 saturated heterocycles. The molecule has 0 bridgehead atoms. The fourth-order valence-electron chi connectivity index (χ4n) is 2.14. The SMILES string of the molecule is COc1ccc2c(c1)nc(CCl)n2Cc1ccncn1. The largest absolute Gasteiger partial charge is 0.497 e. The van der Waals surface area contributed by atoms with Gasteiger partial charge in [0.2, 0.25) is 0 Å². The Morgan fingerprint density at radius 3 is 2.90 bits per heavy atom. The van der Waals surface area contributed by atoms with Crippen LogP contribution in [0, 0.1) is 0 Å². The number of hydrogen-bond donors (Lipinski definition) is 0. The molecule has 0 aliphatic rings. The van der Waals surface area contributed by atoms with Crippen molar-refractivity contribution in [2.45, 2.75) is 12.4 Å². The van der Waals surface area contributed by atoms with E-state index in [0.717, 1.165) is 28.3 Å². The summed E-state index contributed by atoms with van der Waals surface area (Å²) < 4.78 is 7.28. The summed E-state index contributed by atoms with van der Waals surface area (Å²) in [5.41, 5.74) is 2.80. The molecule has 1 aromatic carbocycles. The fourth-order valence-corrected chi connectivity index (χ4v) is 2.34. The highest BCUT2D eigenvalue weighted by molar-refractivity contribution is 6.16. The van der Waals surface area contributed by atoms with Crippen molar-refractivity contribution in [3.8, 4) is 5.75 Å². The Kier molecular flexibility index (Phi) is 3.52. The second-order valence-electron chi connectivity index (χ2n) is 4.30. The summed E-state index contributed by atoms with van der Waals surface area (Å²) in [6.07, 6.45) is 3.27. The second kappa shape index (κ2) is 5.46. The molecule has 0 aliphatic heterocycles. The molecule has 0 unspecified atom stereocenters. The van der Waals surface area contributed by atoms with E-state index in [4.69, 9.17) is 16.3 Å². The first-order valence-electron chi connectivity index (χ1n) is 6.16. The minimum atomic E-state index is 0.349. The van der Waals surface area contributed by atoms with Gasteiger partial charge in [-0.2, -0.15) is 0 Å². The monoisotopic (exact) mass is 288 g/mol. The van der Waals surface area contributed by atoms with Crippen molar-refractivity contribution >= 4 is 22.6 Å². The molecule has 5 nitrogen and oxygen atoms in total. The molecule has 0 atom stereocenters. The van der Waals surface area contributed by atoms with E-state index in [1.807, 2.05) is 24.3 Å². The zero-order chi connectivity index (χ0) is 13.9. The topological polar surface area (TPSA) is 52.8 Å². The van der Waals surface area contributed by atoms with E-state index < -0.39 is 0 Å². The molecule has 2 aromatic heterocycles. The van der Waals surface area contributed by atoms with Crippen LogP contribution in [0.4, 0.5) is 0 Å². The lowest BCUT2D eigenvalue weighted by atomic mass is 10.3. The predicted molar refractivity (Wildman–Crippen MR) is 77.0 cm³/mol. The minimum absolute atomic E-state index is 0.349. The van der Waals surface area contributed by atoms with Crippen LogP contribution in [0.25, 0.3) is 11.0 Å². The molecule has 2 heterocycles. The van der Waals surface area contributed by atoms with Crippen molar-refractivity contribution < 1.29 is 4.74 Å². The number of imidazole rings is 1. The maximum Gasteiger partial charge on any atom is 0.125 e. The molecule has 0 radical (unpaired) electrons. The van der Waals surface area contributed by atoms with Gasteiger partial charge in [-0.25, -0.2) is 15.0 Å². The van der Waals surface area contributed by atoms with Crippen LogP contribution >= 0.6 is 11.6 Å². The van der Waals surface area contributed by atoms with Crippen LogP contribution in [0.2, 0.25) is 0 Å². The van der Waals surface area contributed by atoms with Crippen molar-refractivity contribution in [2.24, 2.45) is 0 Å². The van der Waals surface area contributed by atoms with E-state index in [9.17, 15) is 0 Å². The Balaban J connectivity index is 2.08. The van der Waals surface area contributed by atoms with Crippen LogP contribution in [-0.2, 0) is 12.4 Å².